The Balaban J connectivity index is 1.65. The number of halogens is 1. The highest BCUT2D eigenvalue weighted by atomic mass is 35.5. The highest BCUT2D eigenvalue weighted by Crippen LogP contribution is 2.45. The largest absolute Gasteiger partial charge is 0.386 e. The lowest BCUT2D eigenvalue weighted by atomic mass is 9.88. The van der Waals surface area contributed by atoms with E-state index in [0.717, 1.165) is 23.6 Å². The van der Waals surface area contributed by atoms with Crippen LogP contribution < -0.4 is 0 Å². The zero-order chi connectivity index (χ0) is 14.6. The van der Waals surface area contributed by atoms with E-state index in [1.165, 1.54) is 6.20 Å². The number of likely N-dealkylation sites (tertiary alicyclic amines) is 1. The van der Waals surface area contributed by atoms with Crippen LogP contribution in [0.3, 0.4) is 0 Å². The molecule has 0 spiro atoms. The van der Waals surface area contributed by atoms with Crippen molar-refractivity contribution in [2.24, 2.45) is 5.92 Å². The molecule has 2 fully saturated rings. The van der Waals surface area contributed by atoms with E-state index in [-0.39, 0.29) is 5.91 Å². The third-order valence-corrected chi connectivity index (χ3v) is 4.83. The summed E-state index contributed by atoms with van der Waals surface area (Å²) in [6.07, 6.45) is 3.68. The van der Waals surface area contributed by atoms with Gasteiger partial charge in [-0.05, 0) is 24.1 Å². The Kier molecular flexibility index (Phi) is 2.75. The molecule has 0 bridgehead atoms. The van der Waals surface area contributed by atoms with Gasteiger partial charge in [-0.25, -0.2) is 4.98 Å². The Bertz CT molecular complexity index is 736. The van der Waals surface area contributed by atoms with E-state index in [1.54, 1.807) is 4.90 Å². The van der Waals surface area contributed by atoms with E-state index in [4.69, 9.17) is 11.6 Å². The maximum absolute atomic E-state index is 12.6. The van der Waals surface area contributed by atoms with Gasteiger partial charge in [0, 0.05) is 11.6 Å². The molecule has 1 N–H and O–H groups in total. The number of aliphatic hydroxyl groups is 1. The van der Waals surface area contributed by atoms with Crippen molar-refractivity contribution in [2.45, 2.75) is 18.4 Å². The van der Waals surface area contributed by atoms with Gasteiger partial charge in [0.05, 0.1) is 18.7 Å². The molecule has 0 unspecified atom stereocenters. The van der Waals surface area contributed by atoms with Crippen LogP contribution >= 0.6 is 11.6 Å². The van der Waals surface area contributed by atoms with Crippen LogP contribution in [-0.4, -0.2) is 39.6 Å². The summed E-state index contributed by atoms with van der Waals surface area (Å²) in [5, 5.41) is 12.3. The summed E-state index contributed by atoms with van der Waals surface area (Å²) in [4.78, 5) is 18.4. The Morgan fingerprint density at radius 3 is 2.62 bits per heavy atom. The van der Waals surface area contributed by atoms with Crippen LogP contribution in [0.15, 0.2) is 30.5 Å². The Morgan fingerprint density at radius 2 is 1.95 bits per heavy atom. The number of carbonyl (C=O) groups excluding carboxylic acids is 1. The van der Waals surface area contributed by atoms with Crippen molar-refractivity contribution < 1.29 is 9.90 Å². The van der Waals surface area contributed by atoms with Gasteiger partial charge in [-0.1, -0.05) is 35.9 Å². The quantitative estimate of drug-likeness (QED) is 0.867. The number of β-amino-alcohol motifs (C(OH)–C–C–N with tert-alkyl or cyclic N) is 1. The number of benzene rings is 1. The highest BCUT2D eigenvalue weighted by Gasteiger charge is 2.53. The third-order valence-electron chi connectivity index (χ3n) is 4.53. The number of rotatable bonds is 2. The zero-order valence-electron chi connectivity index (χ0n) is 11.4. The number of aromatic nitrogens is 1. The fraction of sp³-hybridized carbons (Fsp3) is 0.375. The number of nitrogens with zero attached hydrogens (tertiary/aromatic N) is 2. The van der Waals surface area contributed by atoms with Gasteiger partial charge in [0.15, 0.2) is 0 Å². The predicted molar refractivity (Wildman–Crippen MR) is 80.3 cm³/mol. The standard InChI is InChI=1S/C16H15ClN2O2/c17-14-12-4-2-1-3-11(12)13(7-18-14)15(20)19-8-16(21,9-19)10-5-6-10/h1-4,7,10,21H,5-6,8-9H2. The van der Waals surface area contributed by atoms with Gasteiger partial charge in [-0.15, -0.1) is 0 Å². The SMILES string of the molecule is O=C(c1cnc(Cl)c2ccccc12)N1CC(O)(C2CC2)C1. The first-order valence-corrected chi connectivity index (χ1v) is 7.51. The molecule has 2 aliphatic rings. The summed E-state index contributed by atoms with van der Waals surface area (Å²) < 4.78 is 0. The minimum atomic E-state index is -0.661. The molecule has 0 radical (unpaired) electrons. The van der Waals surface area contributed by atoms with Crippen molar-refractivity contribution in [3.63, 3.8) is 0 Å². The molecule has 0 atom stereocenters. The Morgan fingerprint density at radius 1 is 1.29 bits per heavy atom. The van der Waals surface area contributed by atoms with Gasteiger partial charge in [-0.3, -0.25) is 4.79 Å². The van der Waals surface area contributed by atoms with Crippen molar-refractivity contribution in [1.82, 2.24) is 9.88 Å². The van der Waals surface area contributed by atoms with Gasteiger partial charge < -0.3 is 10.0 Å². The topological polar surface area (TPSA) is 53.4 Å². The number of hydrogen-bond donors (Lipinski definition) is 1. The van der Waals surface area contributed by atoms with E-state index >= 15 is 0 Å². The van der Waals surface area contributed by atoms with Gasteiger partial charge >= 0.3 is 0 Å². The molecule has 2 aromatic rings. The number of fused-ring (bicyclic) bond motifs is 1. The first-order chi connectivity index (χ1) is 10.1. The number of hydrogen-bond acceptors (Lipinski definition) is 3. The van der Waals surface area contributed by atoms with Crippen LogP contribution in [0.4, 0.5) is 0 Å². The van der Waals surface area contributed by atoms with Crippen molar-refractivity contribution in [1.29, 1.82) is 0 Å². The molecular weight excluding hydrogens is 288 g/mol. The van der Waals surface area contributed by atoms with Crippen LogP contribution in [-0.2, 0) is 0 Å². The van der Waals surface area contributed by atoms with E-state index in [0.29, 0.717) is 29.7 Å². The van der Waals surface area contributed by atoms with Gasteiger partial charge in [0.25, 0.3) is 5.91 Å². The van der Waals surface area contributed by atoms with E-state index in [2.05, 4.69) is 4.98 Å². The highest BCUT2D eigenvalue weighted by molar-refractivity contribution is 6.34. The zero-order valence-corrected chi connectivity index (χ0v) is 12.2. The smallest absolute Gasteiger partial charge is 0.256 e. The molecule has 2 heterocycles. The molecular formula is C16H15ClN2O2. The average molecular weight is 303 g/mol. The Hall–Kier alpha value is -1.65. The van der Waals surface area contributed by atoms with Crippen LogP contribution in [0, 0.1) is 5.92 Å². The van der Waals surface area contributed by atoms with Crippen molar-refractivity contribution in [2.75, 3.05) is 13.1 Å². The first-order valence-electron chi connectivity index (χ1n) is 7.13. The van der Waals surface area contributed by atoms with E-state index in [9.17, 15) is 9.90 Å². The minimum absolute atomic E-state index is 0.0827. The van der Waals surface area contributed by atoms with Gasteiger partial charge in [0.1, 0.15) is 10.8 Å². The molecule has 1 aromatic carbocycles. The second-order valence-corrected chi connectivity index (χ2v) is 6.41. The predicted octanol–water partition coefficient (Wildman–Crippen LogP) is 2.49. The maximum Gasteiger partial charge on any atom is 0.256 e. The van der Waals surface area contributed by atoms with Gasteiger partial charge in [-0.2, -0.15) is 0 Å². The van der Waals surface area contributed by atoms with Crippen LogP contribution in [0.2, 0.25) is 5.15 Å². The first kappa shape index (κ1) is 13.0. The normalized spacial score (nSPS) is 20.4. The number of pyridine rings is 1. The fourth-order valence-corrected chi connectivity index (χ4v) is 3.35. The van der Waals surface area contributed by atoms with E-state index < -0.39 is 5.60 Å². The molecule has 1 saturated carbocycles. The summed E-state index contributed by atoms with van der Waals surface area (Å²) in [7, 11) is 0. The summed E-state index contributed by atoms with van der Waals surface area (Å²) in [6.45, 7) is 0.848. The van der Waals surface area contributed by atoms with Crippen molar-refractivity contribution in [3.8, 4) is 0 Å². The molecule has 108 valence electrons. The molecule has 1 aliphatic heterocycles. The molecule has 4 nitrogen and oxygen atoms in total. The lowest BCUT2D eigenvalue weighted by Gasteiger charge is -2.47. The van der Waals surface area contributed by atoms with Crippen LogP contribution in [0.25, 0.3) is 10.8 Å². The molecule has 1 aromatic heterocycles. The average Bonchev–Trinajstić information content (AvgIpc) is 3.29. The molecule has 5 heteroatoms. The number of carbonyl (C=O) groups is 1. The maximum atomic E-state index is 12.6. The minimum Gasteiger partial charge on any atom is -0.386 e. The van der Waals surface area contributed by atoms with E-state index in [1.807, 2.05) is 24.3 Å². The summed E-state index contributed by atoms with van der Waals surface area (Å²) >= 11 is 6.08. The number of amides is 1. The lowest BCUT2D eigenvalue weighted by molar-refractivity contribution is -0.0957. The molecule has 21 heavy (non-hydrogen) atoms. The molecule has 4 rings (SSSR count). The fourth-order valence-electron chi connectivity index (χ4n) is 3.14. The molecule has 1 amide bonds. The third kappa shape index (κ3) is 2.01. The van der Waals surface area contributed by atoms with Crippen LogP contribution in [0.1, 0.15) is 23.2 Å². The second-order valence-electron chi connectivity index (χ2n) is 6.05. The monoisotopic (exact) mass is 302 g/mol. The van der Waals surface area contributed by atoms with Crippen molar-refractivity contribution >= 4 is 28.3 Å². The lowest BCUT2D eigenvalue weighted by Crippen LogP contribution is -2.64. The van der Waals surface area contributed by atoms with Crippen molar-refractivity contribution in [3.05, 3.63) is 41.2 Å². The van der Waals surface area contributed by atoms with Crippen LogP contribution in [0.5, 0.6) is 0 Å². The summed E-state index contributed by atoms with van der Waals surface area (Å²) in [5.74, 6) is 0.294. The Labute approximate surface area is 127 Å². The van der Waals surface area contributed by atoms with Gasteiger partial charge in [0.2, 0.25) is 0 Å². The summed E-state index contributed by atoms with van der Waals surface area (Å²) in [6, 6.07) is 7.49. The second kappa shape index (κ2) is 4.42. The summed E-state index contributed by atoms with van der Waals surface area (Å²) in [5.41, 5.74) is -0.112. The molecule has 1 saturated heterocycles. The molecule has 1 aliphatic carbocycles.